The fourth-order valence-corrected chi connectivity index (χ4v) is 6.30. The predicted octanol–water partition coefficient (Wildman–Crippen LogP) is -6.24. The standard InChI is InChI=1S/C15H35B12O7S/c1-30-2-3-31-4-5-32-6-7-33-8-9-35(12-13-10-14(28)15(29)11-34-13)22-26(23(16)17)27(24(18)19)25(20)21/h10-11,18,29H,2-9,12,16-17,19-21H2,1H3/q-1/i16-1,17-1,18-1,19-1,20-1,21-1,22-1,23-1,24-1,25-1,26-1,27-1. The quantitative estimate of drug-likeness (QED) is 0.156. The van der Waals surface area contributed by atoms with E-state index < -0.39 is 5.43 Å². The molecule has 0 saturated carbocycles. The Morgan fingerprint density at radius 3 is 2.06 bits per heavy atom. The first-order valence-corrected chi connectivity index (χ1v) is 14.2. The molecule has 1 heterocycles. The monoisotopic (exact) mass is 479 g/mol. The van der Waals surface area contributed by atoms with Crippen LogP contribution in [0, 0.1) is 0 Å². The van der Waals surface area contributed by atoms with Crippen LogP contribution in [0.15, 0.2) is 21.5 Å². The molecule has 0 aliphatic heterocycles. The van der Waals surface area contributed by atoms with Gasteiger partial charge in [0.15, 0.2) is 0 Å². The van der Waals surface area contributed by atoms with Gasteiger partial charge in [-0.25, -0.2) is 0 Å². The van der Waals surface area contributed by atoms with Crippen LogP contribution >= 0.6 is 10.3 Å². The summed E-state index contributed by atoms with van der Waals surface area (Å²) in [5.41, 5.74) is -0.416. The second kappa shape index (κ2) is 18.9. The van der Waals surface area contributed by atoms with Crippen LogP contribution in [-0.2, 0) is 24.7 Å². The summed E-state index contributed by atoms with van der Waals surface area (Å²) in [4.78, 5) is 11.9. The second-order valence-corrected chi connectivity index (χ2v) is 11.6. The Bertz CT molecular complexity index is 792. The Kier molecular flexibility index (Phi) is 17.7. The van der Waals surface area contributed by atoms with Crippen LogP contribution in [0.25, 0.3) is 0 Å². The Balaban J connectivity index is 2.77. The zero-order valence-electron chi connectivity index (χ0n) is 22.5. The molecular formula is C15H35B12O7S-. The van der Waals surface area contributed by atoms with Gasteiger partial charge in [0.25, 0.3) is 0 Å². The van der Waals surface area contributed by atoms with Gasteiger partial charge >= 0.3 is 210 Å². The van der Waals surface area contributed by atoms with E-state index in [0.29, 0.717) is 89.7 Å². The molecule has 0 aliphatic carbocycles. The summed E-state index contributed by atoms with van der Waals surface area (Å²) in [7, 11) is 17.1. The fourth-order valence-electron chi connectivity index (χ4n) is 4.14. The first kappa shape index (κ1) is 32.7. The van der Waals surface area contributed by atoms with E-state index in [0.717, 1.165) is 12.0 Å². The van der Waals surface area contributed by atoms with Crippen LogP contribution in [0.2, 0.25) is 0 Å². The van der Waals surface area contributed by atoms with Gasteiger partial charge in [0.1, 0.15) is 0 Å². The van der Waals surface area contributed by atoms with Crippen molar-refractivity contribution in [2.24, 2.45) is 0 Å². The van der Waals surface area contributed by atoms with Crippen molar-refractivity contribution in [2.75, 3.05) is 59.1 Å². The van der Waals surface area contributed by atoms with Gasteiger partial charge in [-0.2, -0.15) is 0 Å². The van der Waals surface area contributed by atoms with Crippen molar-refractivity contribution in [3.63, 3.8) is 0 Å². The summed E-state index contributed by atoms with van der Waals surface area (Å²) in [6.45, 7) is 3.84. The molecule has 20 heteroatoms. The molecule has 1 unspecified atom stereocenters. The fraction of sp³-hybridized carbons (Fsp3) is 0.667. The molecule has 1 aromatic rings. The van der Waals surface area contributed by atoms with Crippen molar-refractivity contribution in [3.8, 4) is 5.75 Å². The molecule has 0 aliphatic rings. The van der Waals surface area contributed by atoms with Crippen LogP contribution < -0.4 is 5.43 Å². The van der Waals surface area contributed by atoms with Crippen molar-refractivity contribution in [1.82, 2.24) is 0 Å². The minimum absolute atomic E-state index is 0.173. The van der Waals surface area contributed by atoms with Gasteiger partial charge in [0.2, 0.25) is 0 Å². The average Bonchev–Trinajstić information content (AvgIpc) is 2.78. The summed E-state index contributed by atoms with van der Waals surface area (Å²) >= 11 is 0. The van der Waals surface area contributed by atoms with Gasteiger partial charge in [-0.3, -0.25) is 0 Å². The molecule has 0 amide bonds. The van der Waals surface area contributed by atoms with Crippen molar-refractivity contribution >= 4 is 94.7 Å². The van der Waals surface area contributed by atoms with E-state index in [1.807, 2.05) is 0 Å². The van der Waals surface area contributed by atoms with Gasteiger partial charge in [0, 0.05) is 7.11 Å². The molecule has 1 rings (SSSR count). The first-order valence-electron chi connectivity index (χ1n) is 12.5. The van der Waals surface area contributed by atoms with Crippen LogP contribution in [0.5, 0.6) is 5.75 Å². The molecular weight excluding hydrogens is 444 g/mol. The van der Waals surface area contributed by atoms with Crippen LogP contribution in [0.1, 0.15) is 5.76 Å². The van der Waals surface area contributed by atoms with E-state index >= 15 is 0 Å². The molecule has 0 spiro atoms. The maximum absolute atomic E-state index is 11.9. The van der Waals surface area contributed by atoms with E-state index in [4.69, 9.17) is 23.4 Å². The topological polar surface area (TPSA) is 87.4 Å². The van der Waals surface area contributed by atoms with Crippen molar-refractivity contribution < 1.29 is 28.5 Å². The van der Waals surface area contributed by atoms with Gasteiger partial charge in [-0.05, 0) is 0 Å². The minimum atomic E-state index is -0.416. The number of hydrogen-bond acceptors (Lipinski definition) is 7. The Morgan fingerprint density at radius 2 is 1.57 bits per heavy atom. The van der Waals surface area contributed by atoms with E-state index in [1.54, 1.807) is 7.11 Å². The summed E-state index contributed by atoms with van der Waals surface area (Å²) in [6.07, 6.45) is 3.26. The number of ether oxygens (including phenoxy) is 4. The van der Waals surface area contributed by atoms with E-state index in [-0.39, 0.29) is 16.1 Å². The second-order valence-electron chi connectivity index (χ2n) is 9.57. The van der Waals surface area contributed by atoms with Gasteiger partial charge in [-0.15, -0.1) is 0 Å². The zero-order chi connectivity index (χ0) is 26.2. The summed E-state index contributed by atoms with van der Waals surface area (Å²) in [5, 5.41) is 9.54. The molecule has 2 radical (unpaired) electrons. The normalized spacial score (nSPS) is 11.6. The molecule has 0 saturated heterocycles. The molecule has 0 bridgehead atoms. The maximum atomic E-state index is 11.9. The van der Waals surface area contributed by atoms with Gasteiger partial charge in [0.05, 0.1) is 0 Å². The van der Waals surface area contributed by atoms with E-state index in [9.17, 15) is 9.90 Å². The summed E-state index contributed by atoms with van der Waals surface area (Å²) in [5.74, 6) is 1.64. The molecule has 1 aromatic heterocycles. The summed E-state index contributed by atoms with van der Waals surface area (Å²) in [6, 6.07) is 3.84. The van der Waals surface area contributed by atoms with Crippen LogP contribution in [0.4, 0.5) is 0 Å². The number of hydrogen-bond donors (Lipinski definition) is 1. The molecule has 7 nitrogen and oxygen atoms in total. The number of rotatable bonds is 19. The summed E-state index contributed by atoms with van der Waals surface area (Å²) < 4.78 is 27.2. The molecule has 1 atom stereocenters. The molecule has 35 heavy (non-hydrogen) atoms. The van der Waals surface area contributed by atoms with Crippen LogP contribution in [-0.4, -0.2) is 149 Å². The third-order valence-electron chi connectivity index (χ3n) is 5.85. The molecule has 1 N–H and O–H groups in total. The molecule has 180 valence electrons. The zero-order valence-corrected chi connectivity index (χ0v) is 23.3. The van der Waals surface area contributed by atoms with E-state index in [1.165, 1.54) is 6.07 Å². The first-order chi connectivity index (χ1) is 16.7. The molecule has 0 aromatic carbocycles. The number of aromatic hydroxyl groups is 1. The van der Waals surface area contributed by atoms with Crippen molar-refractivity contribution in [1.29, 1.82) is 0 Å². The number of methoxy groups -OCH3 is 1. The van der Waals surface area contributed by atoms with Crippen LogP contribution in [0.3, 0.4) is 0 Å². The third-order valence-corrected chi connectivity index (χ3v) is 7.90. The van der Waals surface area contributed by atoms with Crippen molar-refractivity contribution in [2.45, 2.75) is 5.75 Å². The Hall–Kier alpha value is -0.281. The Labute approximate surface area is 221 Å². The average molecular weight is 480 g/mol. The predicted molar refractivity (Wildman–Crippen MR) is 172 cm³/mol. The van der Waals surface area contributed by atoms with E-state index in [2.05, 4.69) is 52.5 Å². The van der Waals surface area contributed by atoms with Gasteiger partial charge < -0.3 is 4.74 Å². The van der Waals surface area contributed by atoms with Gasteiger partial charge in [-0.1, -0.05) is 0 Å². The third kappa shape index (κ3) is 13.7. The molecule has 0 fully saturated rings. The Morgan fingerprint density at radius 1 is 1.00 bits per heavy atom. The van der Waals surface area contributed by atoms with Crippen molar-refractivity contribution in [3.05, 3.63) is 28.3 Å². The SMILES string of the molecule is [10BH-][10B]([10BH2])[10B]([10B]([10BH2])[10BH2])[10B]([10B]=S(CCOCCOCCOCCOC)Cc1cc(=O)c(O)co1)[10B]([10BH2])[10BH2].